The average Bonchev–Trinajstić information content (AvgIpc) is 3.39. The van der Waals surface area contributed by atoms with Crippen molar-refractivity contribution < 1.29 is 58.2 Å². The second-order valence-corrected chi connectivity index (χ2v) is 18.8. The Morgan fingerprint density at radius 2 is 0.867 bits per heavy atom. The van der Waals surface area contributed by atoms with Crippen molar-refractivity contribution >= 4 is 23.9 Å². The third kappa shape index (κ3) is 40.1. The number of carbonyl (C=O) groups excluding carboxylic acids is 3. The fourth-order valence-electron chi connectivity index (χ4n) is 7.69. The third-order valence-corrected chi connectivity index (χ3v) is 12.0. The van der Waals surface area contributed by atoms with Crippen LogP contribution in [0.4, 0.5) is 0 Å². The van der Waals surface area contributed by atoms with Gasteiger partial charge in [0.1, 0.15) is 18.8 Å². The average molecular weight is 1050 g/mol. The van der Waals surface area contributed by atoms with Crippen LogP contribution in [-0.4, -0.2) is 89.2 Å². The Hall–Kier alpha value is -4.88. The SMILES string of the molecule is CC/C=C\C/C=C\C/C=C\C/C=C\C/C=C\CCCCCC(=O)OCC(COC1OC(C(=O)O)C(O)C(O)C1OC(=O)CC/C=C\C/C=C\C/C=C\C/C=C\CC)OC(=O)CCCCCCC/C=C\CCCCCC. The fraction of sp³-hybridized carbons (Fsp3) is 0.619. The molecule has 1 rings (SSSR count). The Morgan fingerprint density at radius 1 is 0.453 bits per heavy atom. The fourth-order valence-corrected chi connectivity index (χ4v) is 7.69. The van der Waals surface area contributed by atoms with Gasteiger partial charge in [-0.1, -0.05) is 187 Å². The molecule has 1 aliphatic heterocycles. The number of unbranched alkanes of at least 4 members (excludes halogenated alkanes) is 12. The number of aliphatic hydroxyl groups is 2. The Bertz CT molecular complexity index is 1770. The van der Waals surface area contributed by atoms with Crippen molar-refractivity contribution in [2.75, 3.05) is 13.2 Å². The highest BCUT2D eigenvalue weighted by Gasteiger charge is 2.50. The van der Waals surface area contributed by atoms with Crippen molar-refractivity contribution in [2.24, 2.45) is 0 Å². The van der Waals surface area contributed by atoms with Crippen molar-refractivity contribution in [1.29, 1.82) is 0 Å². The topological polar surface area (TPSA) is 175 Å². The lowest BCUT2D eigenvalue weighted by Gasteiger charge is -2.40. The van der Waals surface area contributed by atoms with Gasteiger partial charge in [-0.3, -0.25) is 14.4 Å². The molecule has 1 fully saturated rings. The number of esters is 3. The molecule has 6 unspecified atom stereocenters. The number of hydrogen-bond donors (Lipinski definition) is 3. The molecule has 6 atom stereocenters. The summed E-state index contributed by atoms with van der Waals surface area (Å²) in [6.07, 6.45) is 56.2. The highest BCUT2D eigenvalue weighted by Crippen LogP contribution is 2.26. The first kappa shape index (κ1) is 68.1. The van der Waals surface area contributed by atoms with Gasteiger partial charge in [-0.2, -0.15) is 0 Å². The molecule has 0 spiro atoms. The van der Waals surface area contributed by atoms with Gasteiger partial charge in [0.05, 0.1) is 6.61 Å². The monoisotopic (exact) mass is 1050 g/mol. The number of rotatable bonds is 46. The van der Waals surface area contributed by atoms with Crippen LogP contribution >= 0.6 is 0 Å². The summed E-state index contributed by atoms with van der Waals surface area (Å²) in [6, 6.07) is 0. The van der Waals surface area contributed by atoms with Crippen LogP contribution in [0.5, 0.6) is 0 Å². The summed E-state index contributed by atoms with van der Waals surface area (Å²) in [5.74, 6) is -3.30. The molecule has 1 aliphatic rings. The van der Waals surface area contributed by atoms with E-state index in [1.807, 2.05) is 18.2 Å². The number of aliphatic carboxylic acids is 1. The molecule has 0 aliphatic carbocycles. The molecule has 0 aromatic rings. The van der Waals surface area contributed by atoms with Crippen LogP contribution in [0.15, 0.2) is 122 Å². The lowest BCUT2D eigenvalue weighted by Crippen LogP contribution is -2.61. The summed E-state index contributed by atoms with van der Waals surface area (Å²) in [5, 5.41) is 31.4. The van der Waals surface area contributed by atoms with Gasteiger partial charge in [0.15, 0.2) is 24.6 Å². The van der Waals surface area contributed by atoms with E-state index in [1.54, 1.807) is 0 Å². The molecular weight excluding hydrogens is 949 g/mol. The Balaban J connectivity index is 2.76. The van der Waals surface area contributed by atoms with Crippen LogP contribution in [0.1, 0.15) is 201 Å². The van der Waals surface area contributed by atoms with Crippen molar-refractivity contribution in [3.8, 4) is 0 Å². The molecule has 12 heteroatoms. The number of aliphatic hydroxyl groups excluding tert-OH is 2. The molecule has 12 nitrogen and oxygen atoms in total. The zero-order valence-corrected chi connectivity index (χ0v) is 46.2. The summed E-state index contributed by atoms with van der Waals surface area (Å²) >= 11 is 0. The van der Waals surface area contributed by atoms with E-state index in [9.17, 15) is 34.5 Å². The molecule has 422 valence electrons. The maximum Gasteiger partial charge on any atom is 0.335 e. The first-order valence-corrected chi connectivity index (χ1v) is 28.5. The molecular formula is C63H98O12. The van der Waals surface area contributed by atoms with Gasteiger partial charge in [0.25, 0.3) is 0 Å². The van der Waals surface area contributed by atoms with E-state index in [0.717, 1.165) is 109 Å². The van der Waals surface area contributed by atoms with Gasteiger partial charge < -0.3 is 39.0 Å². The van der Waals surface area contributed by atoms with E-state index in [4.69, 9.17) is 23.7 Å². The van der Waals surface area contributed by atoms with E-state index < -0.39 is 67.3 Å². The second-order valence-electron chi connectivity index (χ2n) is 18.8. The molecule has 1 saturated heterocycles. The predicted molar refractivity (Wildman–Crippen MR) is 303 cm³/mol. The maximum absolute atomic E-state index is 13.1. The van der Waals surface area contributed by atoms with Crippen molar-refractivity contribution in [1.82, 2.24) is 0 Å². The largest absolute Gasteiger partial charge is 0.479 e. The molecule has 0 aromatic heterocycles. The van der Waals surface area contributed by atoms with E-state index in [-0.39, 0.29) is 25.9 Å². The quantitative estimate of drug-likeness (QED) is 0.0228. The van der Waals surface area contributed by atoms with Crippen LogP contribution < -0.4 is 0 Å². The number of carbonyl (C=O) groups is 4. The standard InChI is InChI=1S/C63H98O12/c1-4-7-10-13-16-19-22-25-26-27-28-29-30-33-34-37-40-43-46-49-55(64)71-52-54(73-56(65)50-47-44-41-38-35-31-23-20-17-14-11-8-5-2)53-72-63-61(59(68)58(67)60(75-63)62(69)70)74-57(66)51-48-45-42-39-36-32-24-21-18-15-12-9-6-3/h7,9-10,12,16,18-21,23,25-26,28-29,32-34,36,42,45,54,58-61,63,67-68H,4-6,8,11,13-15,17,22,24,27,30-31,35,37-41,43-44,46-53H2,1-3H3,(H,69,70)/b10-7-,12-9-,19-16-,21-18-,23-20-,26-25-,29-28-,34-33-,36-32-,45-42-. The first-order valence-electron chi connectivity index (χ1n) is 28.5. The molecule has 0 amide bonds. The zero-order valence-electron chi connectivity index (χ0n) is 46.2. The summed E-state index contributed by atoms with van der Waals surface area (Å²) < 4.78 is 28.2. The molecule has 3 N–H and O–H groups in total. The van der Waals surface area contributed by atoms with Crippen LogP contribution in [0.3, 0.4) is 0 Å². The van der Waals surface area contributed by atoms with E-state index in [2.05, 4.69) is 124 Å². The molecule has 0 bridgehead atoms. The van der Waals surface area contributed by atoms with E-state index >= 15 is 0 Å². The normalized spacial score (nSPS) is 19.1. The summed E-state index contributed by atoms with van der Waals surface area (Å²) in [6.45, 7) is 5.65. The number of carboxylic acids is 1. The van der Waals surface area contributed by atoms with Crippen LogP contribution in [0, 0.1) is 0 Å². The Kier molecular flexibility index (Phi) is 45.4. The lowest BCUT2D eigenvalue weighted by molar-refractivity contribution is -0.301. The number of ether oxygens (including phenoxy) is 5. The summed E-state index contributed by atoms with van der Waals surface area (Å²) in [5.41, 5.74) is 0. The second kappa shape index (κ2) is 50.0. The smallest absolute Gasteiger partial charge is 0.335 e. The van der Waals surface area contributed by atoms with Gasteiger partial charge in [-0.15, -0.1) is 0 Å². The molecule has 0 radical (unpaired) electrons. The van der Waals surface area contributed by atoms with Gasteiger partial charge in [0, 0.05) is 19.3 Å². The number of carboxylic acid groups (broad SMARTS) is 1. The summed E-state index contributed by atoms with van der Waals surface area (Å²) in [7, 11) is 0. The van der Waals surface area contributed by atoms with Gasteiger partial charge in [-0.25, -0.2) is 4.79 Å². The molecule has 0 saturated carbocycles. The highest BCUT2D eigenvalue weighted by molar-refractivity contribution is 5.74. The zero-order chi connectivity index (χ0) is 54.7. The highest BCUT2D eigenvalue weighted by atomic mass is 16.7. The Labute approximate surface area is 452 Å². The van der Waals surface area contributed by atoms with Crippen molar-refractivity contribution in [3.05, 3.63) is 122 Å². The third-order valence-electron chi connectivity index (χ3n) is 12.0. The first-order chi connectivity index (χ1) is 36.6. The van der Waals surface area contributed by atoms with E-state index in [1.165, 1.54) is 25.7 Å². The van der Waals surface area contributed by atoms with E-state index in [0.29, 0.717) is 25.7 Å². The van der Waals surface area contributed by atoms with Gasteiger partial charge in [0.2, 0.25) is 0 Å². The minimum atomic E-state index is -1.94. The predicted octanol–water partition coefficient (Wildman–Crippen LogP) is 14.4. The number of hydrogen-bond acceptors (Lipinski definition) is 11. The minimum Gasteiger partial charge on any atom is -0.479 e. The number of allylic oxidation sites excluding steroid dienone is 20. The molecule has 0 aromatic carbocycles. The lowest BCUT2D eigenvalue weighted by atomic mass is 9.98. The van der Waals surface area contributed by atoms with Gasteiger partial charge in [-0.05, 0) is 116 Å². The van der Waals surface area contributed by atoms with Crippen LogP contribution in [0.25, 0.3) is 0 Å². The van der Waals surface area contributed by atoms with Crippen molar-refractivity contribution in [2.45, 2.75) is 237 Å². The molecule has 1 heterocycles. The molecule has 75 heavy (non-hydrogen) atoms. The van der Waals surface area contributed by atoms with Crippen molar-refractivity contribution in [3.63, 3.8) is 0 Å². The van der Waals surface area contributed by atoms with Crippen LogP contribution in [-0.2, 0) is 42.9 Å². The minimum absolute atomic E-state index is 0.0710. The van der Waals surface area contributed by atoms with Crippen LogP contribution in [0.2, 0.25) is 0 Å². The Morgan fingerprint density at radius 3 is 1.36 bits per heavy atom. The maximum atomic E-state index is 13.1. The van der Waals surface area contributed by atoms with Gasteiger partial charge >= 0.3 is 23.9 Å². The summed E-state index contributed by atoms with van der Waals surface area (Å²) in [4.78, 5) is 51.0.